The first-order valence-corrected chi connectivity index (χ1v) is 9.24. The largest absolute Gasteiger partial charge is 0.326 e. The fraction of sp³-hybridized carbons (Fsp3) is 0.263. The van der Waals surface area contributed by atoms with E-state index in [4.69, 9.17) is 0 Å². The van der Waals surface area contributed by atoms with Crippen LogP contribution in [-0.2, 0) is 16.0 Å². The van der Waals surface area contributed by atoms with E-state index in [0.29, 0.717) is 35.8 Å². The highest BCUT2D eigenvalue weighted by atomic mass is 32.1. The predicted octanol–water partition coefficient (Wildman–Crippen LogP) is 3.30. The summed E-state index contributed by atoms with van der Waals surface area (Å²) in [6, 6.07) is 5.29. The minimum Gasteiger partial charge on any atom is -0.326 e. The molecule has 0 atom stereocenters. The Hall–Kier alpha value is -2.80. The number of carbonyl (C=O) groups is 3. The van der Waals surface area contributed by atoms with Crippen molar-refractivity contribution in [2.45, 2.75) is 26.7 Å². The number of hydrogen-bond acceptors (Lipinski definition) is 5. The van der Waals surface area contributed by atoms with Crippen molar-refractivity contribution in [2.75, 3.05) is 16.8 Å². The summed E-state index contributed by atoms with van der Waals surface area (Å²) in [5.74, 6) is -0.185. The highest BCUT2D eigenvalue weighted by Crippen LogP contribution is 2.24. The van der Waals surface area contributed by atoms with Crippen LogP contribution in [0.1, 0.15) is 41.9 Å². The van der Waals surface area contributed by atoms with Gasteiger partial charge in [0.1, 0.15) is 0 Å². The van der Waals surface area contributed by atoms with Crippen LogP contribution in [0.5, 0.6) is 0 Å². The van der Waals surface area contributed by atoms with Gasteiger partial charge in [0, 0.05) is 36.5 Å². The topological polar surface area (TPSA) is 79.4 Å². The van der Waals surface area contributed by atoms with E-state index < -0.39 is 0 Å². The van der Waals surface area contributed by atoms with Gasteiger partial charge in [-0.3, -0.25) is 19.3 Å². The van der Waals surface area contributed by atoms with Gasteiger partial charge in [-0.05, 0) is 49.3 Å². The first kappa shape index (κ1) is 18.0. The Labute approximate surface area is 155 Å². The summed E-state index contributed by atoms with van der Waals surface area (Å²) in [7, 11) is 0. The van der Waals surface area contributed by atoms with Crippen molar-refractivity contribution in [1.29, 1.82) is 0 Å². The van der Waals surface area contributed by atoms with Gasteiger partial charge in [-0.1, -0.05) is 0 Å². The maximum atomic E-state index is 12.4. The molecule has 0 spiro atoms. The van der Waals surface area contributed by atoms with Crippen LogP contribution in [0.3, 0.4) is 0 Å². The molecule has 1 aromatic carbocycles. The number of amides is 2. The zero-order valence-electron chi connectivity index (χ0n) is 14.6. The van der Waals surface area contributed by atoms with Gasteiger partial charge in [-0.15, -0.1) is 11.3 Å². The summed E-state index contributed by atoms with van der Waals surface area (Å²) in [6.07, 6.45) is 4.20. The van der Waals surface area contributed by atoms with E-state index >= 15 is 0 Å². The average molecular weight is 369 g/mol. The quantitative estimate of drug-likeness (QED) is 0.648. The number of rotatable bonds is 5. The van der Waals surface area contributed by atoms with E-state index in [-0.39, 0.29) is 17.6 Å². The molecule has 0 saturated carbocycles. The summed E-state index contributed by atoms with van der Waals surface area (Å²) in [5, 5.41) is 5.24. The van der Waals surface area contributed by atoms with E-state index in [1.54, 1.807) is 23.1 Å². The molecule has 2 heterocycles. The number of fused-ring (bicyclic) bond motifs is 1. The van der Waals surface area contributed by atoms with Crippen molar-refractivity contribution in [1.82, 2.24) is 4.98 Å². The summed E-state index contributed by atoms with van der Waals surface area (Å²) < 4.78 is 0. The molecule has 1 aromatic heterocycles. The second-order valence-electron chi connectivity index (χ2n) is 5.94. The Morgan fingerprint density at radius 3 is 2.88 bits per heavy atom. The molecule has 26 heavy (non-hydrogen) atoms. The molecule has 2 aromatic rings. The molecule has 3 rings (SSSR count). The summed E-state index contributed by atoms with van der Waals surface area (Å²) in [5.41, 5.74) is 2.96. The zero-order valence-corrected chi connectivity index (χ0v) is 15.4. The minimum absolute atomic E-state index is 0.00231. The van der Waals surface area contributed by atoms with Gasteiger partial charge in [-0.2, -0.15) is 0 Å². The Bertz CT molecular complexity index is 901. The van der Waals surface area contributed by atoms with Crippen molar-refractivity contribution >= 4 is 45.8 Å². The Morgan fingerprint density at radius 2 is 2.15 bits per heavy atom. The molecule has 1 N–H and O–H groups in total. The van der Waals surface area contributed by atoms with Gasteiger partial charge in [0.05, 0.1) is 5.69 Å². The van der Waals surface area contributed by atoms with Crippen molar-refractivity contribution in [3.8, 4) is 0 Å². The van der Waals surface area contributed by atoms with Gasteiger partial charge < -0.3 is 5.32 Å². The van der Waals surface area contributed by atoms with Gasteiger partial charge in [0.25, 0.3) is 0 Å². The number of allylic oxidation sites excluding steroid dienone is 1. The number of anilines is 2. The van der Waals surface area contributed by atoms with Crippen LogP contribution in [0.15, 0.2) is 29.7 Å². The fourth-order valence-corrected chi connectivity index (χ4v) is 3.66. The molecule has 134 valence electrons. The maximum Gasteiger partial charge on any atom is 0.225 e. The lowest BCUT2D eigenvalue weighted by Gasteiger charge is -2.16. The zero-order chi connectivity index (χ0) is 18.7. The van der Waals surface area contributed by atoms with Crippen LogP contribution < -0.4 is 10.2 Å². The number of carbonyl (C=O) groups excluding carboxylic acids is 3. The third kappa shape index (κ3) is 3.88. The maximum absolute atomic E-state index is 12.4. The molecule has 0 aliphatic carbocycles. The summed E-state index contributed by atoms with van der Waals surface area (Å²) in [4.78, 5) is 41.3. The monoisotopic (exact) mass is 369 g/mol. The second-order valence-corrected chi connectivity index (χ2v) is 6.77. The van der Waals surface area contributed by atoms with E-state index in [1.165, 1.54) is 24.3 Å². The summed E-state index contributed by atoms with van der Waals surface area (Å²) in [6.45, 7) is 3.94. The van der Waals surface area contributed by atoms with Crippen molar-refractivity contribution in [2.24, 2.45) is 0 Å². The molecule has 1 aliphatic heterocycles. The smallest absolute Gasteiger partial charge is 0.225 e. The molecule has 6 nitrogen and oxygen atoms in total. The van der Waals surface area contributed by atoms with Crippen LogP contribution in [0, 0.1) is 0 Å². The molecule has 0 bridgehead atoms. The molecule has 7 heteroatoms. The molecule has 0 unspecified atom stereocenters. The third-order valence-electron chi connectivity index (χ3n) is 4.13. The van der Waals surface area contributed by atoms with E-state index in [1.807, 2.05) is 18.4 Å². The molecule has 0 fully saturated rings. The lowest BCUT2D eigenvalue weighted by Crippen LogP contribution is -2.27. The number of nitrogens with one attached hydrogen (secondary N) is 1. The fourth-order valence-electron chi connectivity index (χ4n) is 2.76. The first-order chi connectivity index (χ1) is 12.5. The number of thiazole rings is 1. The van der Waals surface area contributed by atoms with Crippen LogP contribution in [-0.4, -0.2) is 29.1 Å². The Kier molecular flexibility index (Phi) is 5.27. The van der Waals surface area contributed by atoms with E-state index in [9.17, 15) is 14.4 Å². The number of aromatic nitrogens is 1. The van der Waals surface area contributed by atoms with Crippen molar-refractivity contribution < 1.29 is 14.4 Å². The lowest BCUT2D eigenvalue weighted by molar-refractivity contribution is -0.117. The number of hydrogen-bond donors (Lipinski definition) is 1. The first-order valence-electron chi connectivity index (χ1n) is 8.36. The van der Waals surface area contributed by atoms with Gasteiger partial charge in [0.2, 0.25) is 11.8 Å². The molecular weight excluding hydrogens is 350 g/mol. The number of nitrogens with zero attached hydrogens (tertiary/aromatic N) is 2. The average Bonchev–Trinajstić information content (AvgIpc) is 3.08. The second kappa shape index (κ2) is 7.61. The van der Waals surface area contributed by atoms with E-state index in [2.05, 4.69) is 10.3 Å². The van der Waals surface area contributed by atoms with Crippen molar-refractivity contribution in [3.63, 3.8) is 0 Å². The van der Waals surface area contributed by atoms with Crippen LogP contribution >= 0.6 is 11.3 Å². The summed E-state index contributed by atoms with van der Waals surface area (Å²) >= 11 is 1.37. The van der Waals surface area contributed by atoms with Crippen LogP contribution in [0.25, 0.3) is 6.08 Å². The Balaban J connectivity index is 1.73. The predicted molar refractivity (Wildman–Crippen MR) is 103 cm³/mol. The highest BCUT2D eigenvalue weighted by molar-refractivity contribution is 7.14. The molecule has 2 amide bonds. The normalized spacial score (nSPS) is 13.4. The highest BCUT2D eigenvalue weighted by Gasteiger charge is 2.16. The Morgan fingerprint density at radius 1 is 1.35 bits per heavy atom. The van der Waals surface area contributed by atoms with Gasteiger partial charge in [-0.25, -0.2) is 4.98 Å². The van der Waals surface area contributed by atoms with Gasteiger partial charge in [0.15, 0.2) is 10.9 Å². The SMILES string of the molecule is CCN(C(C)=O)c1nc(/C=C/C(=O)c2ccc3c(c2)CCC(=O)N3)cs1. The molecule has 0 radical (unpaired) electrons. The third-order valence-corrected chi connectivity index (χ3v) is 5.01. The van der Waals surface area contributed by atoms with E-state index in [0.717, 1.165) is 11.3 Å². The standard InChI is InChI=1S/C19H19N3O3S/c1-3-22(12(2)23)19-20-15(11-26-19)6-8-17(24)14-4-7-16-13(10-14)5-9-18(25)21-16/h4,6-8,10-11H,3,5,9H2,1-2H3,(H,21,25)/b8-6+. The minimum atomic E-state index is -0.127. The number of ketones is 1. The molecule has 1 aliphatic rings. The van der Waals surface area contributed by atoms with Crippen LogP contribution in [0.2, 0.25) is 0 Å². The van der Waals surface area contributed by atoms with Crippen LogP contribution in [0.4, 0.5) is 10.8 Å². The van der Waals surface area contributed by atoms with Gasteiger partial charge >= 0.3 is 0 Å². The number of benzene rings is 1. The molecule has 0 saturated heterocycles. The lowest BCUT2D eigenvalue weighted by atomic mass is 9.98. The van der Waals surface area contributed by atoms with Crippen molar-refractivity contribution in [3.05, 3.63) is 46.5 Å². The molecular formula is C19H19N3O3S. The number of aryl methyl sites for hydroxylation is 1.